The third-order valence-electron chi connectivity index (χ3n) is 1.84. The summed E-state index contributed by atoms with van der Waals surface area (Å²) in [6, 6.07) is 0. The number of unbranched alkanes of at least 4 members (excludes halogenated alkanes) is 4. The van der Waals surface area contributed by atoms with Crippen molar-refractivity contribution >= 4 is 5.97 Å². The van der Waals surface area contributed by atoms with E-state index < -0.39 is 0 Å². The number of hydrogen-bond donors (Lipinski definition) is 0. The minimum atomic E-state index is -0.352. The Hall–Kier alpha value is -1.05. The van der Waals surface area contributed by atoms with Crippen LogP contribution < -0.4 is 0 Å². The standard InChI is InChI=1S/C12H20O2/c1-4-5-6-7-8-9-10-14-12(13)11(2)3/h9-10H,2,4-8H2,1,3H3. The van der Waals surface area contributed by atoms with Crippen molar-refractivity contribution < 1.29 is 9.53 Å². The zero-order chi connectivity index (χ0) is 10.8. The highest BCUT2D eigenvalue weighted by Gasteiger charge is 1.98. The van der Waals surface area contributed by atoms with Gasteiger partial charge in [-0.2, -0.15) is 0 Å². The molecule has 0 radical (unpaired) electrons. The van der Waals surface area contributed by atoms with Crippen molar-refractivity contribution in [1.29, 1.82) is 0 Å². The number of esters is 1. The predicted octanol–water partition coefficient (Wildman–Crippen LogP) is 3.59. The lowest BCUT2D eigenvalue weighted by atomic mass is 10.1. The predicted molar refractivity (Wildman–Crippen MR) is 58.8 cm³/mol. The smallest absolute Gasteiger partial charge is 0.337 e. The summed E-state index contributed by atoms with van der Waals surface area (Å²) >= 11 is 0. The number of carbonyl (C=O) groups excluding carboxylic acids is 1. The second-order valence-corrected chi connectivity index (χ2v) is 3.41. The van der Waals surface area contributed by atoms with E-state index in [1.807, 2.05) is 6.08 Å². The van der Waals surface area contributed by atoms with Crippen molar-refractivity contribution in [3.63, 3.8) is 0 Å². The zero-order valence-electron chi connectivity index (χ0n) is 9.21. The molecule has 0 saturated heterocycles. The highest BCUT2D eigenvalue weighted by Crippen LogP contribution is 2.03. The van der Waals surface area contributed by atoms with Gasteiger partial charge in [0, 0.05) is 5.57 Å². The fraction of sp³-hybridized carbons (Fsp3) is 0.583. The van der Waals surface area contributed by atoms with Crippen molar-refractivity contribution in [3.05, 3.63) is 24.5 Å². The van der Waals surface area contributed by atoms with Gasteiger partial charge in [0.25, 0.3) is 0 Å². The van der Waals surface area contributed by atoms with Gasteiger partial charge in [-0.25, -0.2) is 4.79 Å². The van der Waals surface area contributed by atoms with Crippen molar-refractivity contribution in [2.45, 2.75) is 46.0 Å². The summed E-state index contributed by atoms with van der Waals surface area (Å²) < 4.78 is 4.79. The largest absolute Gasteiger partial charge is 0.431 e. The lowest BCUT2D eigenvalue weighted by Gasteiger charge is -1.96. The fourth-order valence-electron chi connectivity index (χ4n) is 0.968. The third-order valence-corrected chi connectivity index (χ3v) is 1.84. The number of hydrogen-bond acceptors (Lipinski definition) is 2. The Morgan fingerprint density at radius 2 is 2.07 bits per heavy atom. The van der Waals surface area contributed by atoms with Crippen molar-refractivity contribution in [1.82, 2.24) is 0 Å². The lowest BCUT2D eigenvalue weighted by molar-refractivity contribution is -0.133. The average molecular weight is 196 g/mol. The molecule has 2 nitrogen and oxygen atoms in total. The van der Waals surface area contributed by atoms with Crippen LogP contribution in [-0.2, 0) is 9.53 Å². The van der Waals surface area contributed by atoms with Crippen molar-refractivity contribution in [2.24, 2.45) is 0 Å². The molecule has 0 heterocycles. The van der Waals surface area contributed by atoms with Gasteiger partial charge in [-0.3, -0.25) is 0 Å². The van der Waals surface area contributed by atoms with E-state index in [4.69, 9.17) is 4.74 Å². The molecule has 0 aromatic heterocycles. The Kier molecular flexibility index (Phi) is 7.90. The summed E-state index contributed by atoms with van der Waals surface area (Å²) in [5, 5.41) is 0. The Bertz CT molecular complexity index is 204. The van der Waals surface area contributed by atoms with E-state index in [-0.39, 0.29) is 5.97 Å². The first-order chi connectivity index (χ1) is 6.68. The van der Waals surface area contributed by atoms with Crippen LogP contribution in [0.1, 0.15) is 46.0 Å². The van der Waals surface area contributed by atoms with Crippen LogP contribution in [0, 0.1) is 0 Å². The zero-order valence-corrected chi connectivity index (χ0v) is 9.21. The van der Waals surface area contributed by atoms with E-state index in [1.165, 1.54) is 25.5 Å². The van der Waals surface area contributed by atoms with E-state index >= 15 is 0 Å². The normalized spacial score (nSPS) is 10.4. The first-order valence-corrected chi connectivity index (χ1v) is 5.20. The van der Waals surface area contributed by atoms with Crippen LogP contribution >= 0.6 is 0 Å². The van der Waals surface area contributed by atoms with E-state index in [1.54, 1.807) is 6.92 Å². The van der Waals surface area contributed by atoms with Crippen LogP contribution in [0.2, 0.25) is 0 Å². The lowest BCUT2D eigenvalue weighted by Crippen LogP contribution is -1.98. The van der Waals surface area contributed by atoms with Gasteiger partial charge in [0.15, 0.2) is 0 Å². The second kappa shape index (κ2) is 8.54. The Labute approximate surface area is 86.6 Å². The average Bonchev–Trinajstić information content (AvgIpc) is 2.16. The monoisotopic (exact) mass is 196 g/mol. The van der Waals surface area contributed by atoms with Gasteiger partial charge in [0.2, 0.25) is 0 Å². The van der Waals surface area contributed by atoms with Crippen molar-refractivity contribution in [3.8, 4) is 0 Å². The van der Waals surface area contributed by atoms with Gasteiger partial charge >= 0.3 is 5.97 Å². The highest BCUT2D eigenvalue weighted by atomic mass is 16.5. The molecule has 0 aliphatic carbocycles. The molecule has 80 valence electrons. The van der Waals surface area contributed by atoms with Crippen LogP contribution in [0.3, 0.4) is 0 Å². The fourth-order valence-corrected chi connectivity index (χ4v) is 0.968. The molecule has 2 heteroatoms. The first kappa shape index (κ1) is 12.9. The molecule has 0 aromatic rings. The summed E-state index contributed by atoms with van der Waals surface area (Å²) in [6.45, 7) is 7.31. The molecule has 0 rings (SSSR count). The maximum atomic E-state index is 10.9. The number of allylic oxidation sites excluding steroid dienone is 1. The molecule has 0 fully saturated rings. The topological polar surface area (TPSA) is 26.3 Å². The molecule has 0 unspecified atom stereocenters. The molecule has 0 spiro atoms. The molecule has 0 aliphatic heterocycles. The minimum absolute atomic E-state index is 0.352. The maximum Gasteiger partial charge on any atom is 0.337 e. The van der Waals surface area contributed by atoms with Gasteiger partial charge in [0.1, 0.15) is 0 Å². The highest BCUT2D eigenvalue weighted by molar-refractivity contribution is 5.87. The second-order valence-electron chi connectivity index (χ2n) is 3.41. The molecule has 0 aromatic carbocycles. The van der Waals surface area contributed by atoms with Gasteiger partial charge in [-0.1, -0.05) is 32.8 Å². The van der Waals surface area contributed by atoms with Crippen LogP contribution in [0.15, 0.2) is 24.5 Å². The van der Waals surface area contributed by atoms with Crippen molar-refractivity contribution in [2.75, 3.05) is 0 Å². The number of ether oxygens (including phenoxy) is 1. The molecule has 0 bridgehead atoms. The van der Waals surface area contributed by atoms with E-state index in [9.17, 15) is 4.79 Å². The van der Waals surface area contributed by atoms with Gasteiger partial charge in [-0.05, 0) is 25.8 Å². The van der Waals surface area contributed by atoms with Gasteiger partial charge < -0.3 is 4.74 Å². The third kappa shape index (κ3) is 7.59. The molecular formula is C12H20O2. The van der Waals surface area contributed by atoms with Crippen LogP contribution in [-0.4, -0.2) is 5.97 Å². The van der Waals surface area contributed by atoms with E-state index in [2.05, 4.69) is 13.5 Å². The number of carbonyl (C=O) groups is 1. The van der Waals surface area contributed by atoms with Crippen LogP contribution in [0.5, 0.6) is 0 Å². The molecule has 0 N–H and O–H groups in total. The number of rotatable bonds is 7. The Morgan fingerprint density at radius 3 is 2.64 bits per heavy atom. The maximum absolute atomic E-state index is 10.9. The molecule has 0 atom stereocenters. The summed E-state index contributed by atoms with van der Waals surface area (Å²) in [6.07, 6.45) is 9.25. The van der Waals surface area contributed by atoms with Crippen LogP contribution in [0.4, 0.5) is 0 Å². The summed E-state index contributed by atoms with van der Waals surface area (Å²) in [4.78, 5) is 10.9. The quantitative estimate of drug-likeness (QED) is 0.269. The van der Waals surface area contributed by atoms with Crippen LogP contribution in [0.25, 0.3) is 0 Å². The summed E-state index contributed by atoms with van der Waals surface area (Å²) in [5.74, 6) is -0.352. The Morgan fingerprint density at radius 1 is 1.36 bits per heavy atom. The van der Waals surface area contributed by atoms with E-state index in [0.29, 0.717) is 5.57 Å². The molecule has 0 saturated carbocycles. The first-order valence-electron chi connectivity index (χ1n) is 5.20. The summed E-state index contributed by atoms with van der Waals surface area (Å²) in [7, 11) is 0. The summed E-state index contributed by atoms with van der Waals surface area (Å²) in [5.41, 5.74) is 0.431. The molecule has 0 amide bonds. The Balaban J connectivity index is 3.36. The van der Waals surface area contributed by atoms with Gasteiger partial charge in [-0.15, -0.1) is 0 Å². The molecule has 0 aliphatic rings. The molecule has 14 heavy (non-hydrogen) atoms. The minimum Gasteiger partial charge on any atom is -0.431 e. The van der Waals surface area contributed by atoms with Gasteiger partial charge in [0.05, 0.1) is 6.26 Å². The van der Waals surface area contributed by atoms with E-state index in [0.717, 1.165) is 12.8 Å². The molecular weight excluding hydrogens is 176 g/mol. The SMILES string of the molecule is C=C(C)C(=O)OC=CCCCCCC.